The molecule has 0 aromatic heterocycles. The third kappa shape index (κ3) is 56.1. The van der Waals surface area contributed by atoms with Crippen molar-refractivity contribution in [3.05, 3.63) is 0 Å². The molecule has 0 saturated carbocycles. The molecule has 0 aliphatic rings. The van der Waals surface area contributed by atoms with Gasteiger partial charge in [-0.1, -0.05) is 0 Å². The van der Waals surface area contributed by atoms with Crippen molar-refractivity contribution >= 4 is 0 Å². The summed E-state index contributed by atoms with van der Waals surface area (Å²) in [6, 6.07) is 0. The first-order chi connectivity index (χ1) is 2.00. The van der Waals surface area contributed by atoms with Gasteiger partial charge in [-0.25, -0.2) is 0 Å². The van der Waals surface area contributed by atoms with E-state index in [0.29, 0.717) is 0 Å². The minimum atomic E-state index is 1.14. The number of hydrogen-bond donors (Lipinski definition) is 0. The number of rotatable bonds is 0. The zero-order valence-corrected chi connectivity index (χ0v) is 7.54. The molecule has 0 rings (SSSR count). The summed E-state index contributed by atoms with van der Waals surface area (Å²) >= 11 is 1.25. The van der Waals surface area contributed by atoms with E-state index in [1.54, 1.807) is 0 Å². The summed E-state index contributed by atoms with van der Waals surface area (Å²) in [4.78, 5) is 0. The summed E-state index contributed by atoms with van der Waals surface area (Å²) in [5, 5.41) is 0. The van der Waals surface area contributed by atoms with Crippen LogP contribution >= 0.6 is 0 Å². The standard InChI is InChI=1S/C3H9N.Hf/c1-4(2)3;/h1-3H3;/q;+1. The van der Waals surface area contributed by atoms with Gasteiger partial charge in [-0.2, -0.15) is 0 Å². The molecule has 0 amide bonds. The van der Waals surface area contributed by atoms with E-state index in [0.717, 1.165) is 2.47 Å². The fraction of sp³-hybridized carbons (Fsp3) is 1.00. The van der Waals surface area contributed by atoms with Crippen LogP contribution in [-0.4, -0.2) is 23.6 Å². The third-order valence-electron chi connectivity index (χ3n) is 0. The van der Waals surface area contributed by atoms with Crippen LogP contribution in [0.25, 0.3) is 0 Å². The summed E-state index contributed by atoms with van der Waals surface area (Å²) in [7, 11) is 6.56. The molecule has 0 aliphatic carbocycles. The molecule has 0 atom stereocenters. The normalized spacial score (nSPS) is 11.6. The summed E-state index contributed by atoms with van der Waals surface area (Å²) in [5.74, 6) is 0. The van der Waals surface area contributed by atoms with Crippen molar-refractivity contribution in [1.29, 1.82) is 0 Å². The van der Waals surface area contributed by atoms with Crippen LogP contribution in [0.15, 0.2) is 0 Å². The van der Waals surface area contributed by atoms with Crippen LogP contribution in [0.1, 0.15) is 0 Å². The fourth-order valence-electron chi connectivity index (χ4n) is 0. The number of hydrogen-bond acceptors (Lipinski definition) is 0. The van der Waals surface area contributed by atoms with Gasteiger partial charge in [-0.05, 0) is 0 Å². The van der Waals surface area contributed by atoms with Gasteiger partial charge in [0.1, 0.15) is 0 Å². The molecule has 2 heteroatoms. The second-order valence-electron chi connectivity index (χ2n) is 2.01. The van der Waals surface area contributed by atoms with Crippen LogP contribution in [0.5, 0.6) is 0 Å². The Bertz CT molecular complexity index is 22.4. The van der Waals surface area contributed by atoms with Crippen molar-refractivity contribution in [1.82, 2.24) is 0 Å². The topological polar surface area (TPSA) is 0 Å². The number of quaternary nitrogens is 1. The van der Waals surface area contributed by atoms with Gasteiger partial charge in [-0.15, -0.1) is 0 Å². The molecule has 0 bridgehead atoms. The van der Waals surface area contributed by atoms with E-state index < -0.39 is 0 Å². The first-order valence-electron chi connectivity index (χ1n) is 1.57. The molecule has 0 unspecified atom stereocenters. The molecule has 0 heterocycles. The molecule has 29 valence electrons. The fourth-order valence-corrected chi connectivity index (χ4v) is 0. The zero-order chi connectivity index (χ0) is 4.50. The molecule has 0 saturated heterocycles. The van der Waals surface area contributed by atoms with Crippen LogP contribution in [0, 0.1) is 0 Å². The predicted molar refractivity (Wildman–Crippen MR) is 18.0 cm³/mol. The maximum absolute atomic E-state index is 2.19. The average molecular weight is 238 g/mol. The van der Waals surface area contributed by atoms with Crippen LogP contribution in [0.3, 0.4) is 0 Å². The van der Waals surface area contributed by atoms with Crippen molar-refractivity contribution in [3.8, 4) is 0 Å². The number of nitrogens with zero attached hydrogens (tertiary/aromatic N) is 1. The molecule has 0 aliphatic heterocycles. The molecule has 0 aromatic carbocycles. The second kappa shape index (κ2) is 1.52. The Kier molecular flexibility index (Phi) is 1.77. The second-order valence-corrected chi connectivity index (χ2v) is 6.83. The van der Waals surface area contributed by atoms with Gasteiger partial charge in [0.05, 0.1) is 0 Å². The van der Waals surface area contributed by atoms with E-state index in [4.69, 9.17) is 0 Å². The molecular formula is C3H9HfN+. The first kappa shape index (κ1) is 5.83. The van der Waals surface area contributed by atoms with E-state index in [2.05, 4.69) is 21.1 Å². The Morgan fingerprint density at radius 3 is 1.20 bits per heavy atom. The Morgan fingerprint density at radius 2 is 1.20 bits per heavy atom. The van der Waals surface area contributed by atoms with Crippen molar-refractivity contribution in [2.24, 2.45) is 0 Å². The Morgan fingerprint density at radius 1 is 1.20 bits per heavy atom. The molecule has 1 nitrogen and oxygen atoms in total. The van der Waals surface area contributed by atoms with Crippen LogP contribution in [0.4, 0.5) is 0 Å². The summed E-state index contributed by atoms with van der Waals surface area (Å²) in [6.45, 7) is 0. The quantitative estimate of drug-likeness (QED) is 0.527. The van der Waals surface area contributed by atoms with E-state index in [1.165, 1.54) is 24.7 Å². The monoisotopic (exact) mass is 239 g/mol. The zero-order valence-electron chi connectivity index (χ0n) is 3.95. The van der Waals surface area contributed by atoms with Crippen molar-refractivity contribution in [3.63, 3.8) is 0 Å². The maximum atomic E-state index is 2.19. The van der Waals surface area contributed by atoms with Crippen LogP contribution in [0.2, 0.25) is 0 Å². The Labute approximate surface area is 48.5 Å². The van der Waals surface area contributed by atoms with E-state index >= 15 is 0 Å². The summed E-state index contributed by atoms with van der Waals surface area (Å²) < 4.78 is 1.14. The van der Waals surface area contributed by atoms with Gasteiger partial charge in [0, 0.05) is 0 Å². The van der Waals surface area contributed by atoms with E-state index in [-0.39, 0.29) is 0 Å². The van der Waals surface area contributed by atoms with Gasteiger partial charge in [0.15, 0.2) is 0 Å². The van der Waals surface area contributed by atoms with E-state index in [9.17, 15) is 0 Å². The van der Waals surface area contributed by atoms with Crippen molar-refractivity contribution in [2.75, 3.05) is 21.1 Å². The van der Waals surface area contributed by atoms with Gasteiger partial charge < -0.3 is 0 Å². The molecule has 0 fully saturated rings. The minimum absolute atomic E-state index is 1.14. The first-order valence-corrected chi connectivity index (χ1v) is 3.17. The molecular weight excluding hydrogens is 229 g/mol. The average Bonchev–Trinajstić information content (AvgIpc) is 0.722. The molecule has 0 spiro atoms. The Balaban J connectivity index is 3.02. The molecule has 0 N–H and O–H groups in total. The van der Waals surface area contributed by atoms with Crippen molar-refractivity contribution in [2.45, 2.75) is 0 Å². The predicted octanol–water partition coefficient (Wildman–Crippen LogP) is 0.154. The summed E-state index contributed by atoms with van der Waals surface area (Å²) in [6.07, 6.45) is 0. The van der Waals surface area contributed by atoms with Crippen LogP contribution in [-0.2, 0) is 24.7 Å². The van der Waals surface area contributed by atoms with Gasteiger partial charge in [0.25, 0.3) is 0 Å². The van der Waals surface area contributed by atoms with Crippen LogP contribution < -0.4 is 0 Å². The summed E-state index contributed by atoms with van der Waals surface area (Å²) in [5.41, 5.74) is 0. The molecule has 5 heavy (non-hydrogen) atoms. The Hall–Kier alpha value is 0.830. The molecule has 0 radical (unpaired) electrons. The van der Waals surface area contributed by atoms with Crippen molar-refractivity contribution < 1.29 is 27.1 Å². The SMILES string of the molecule is C[N+](C)(C)[Hf]. The van der Waals surface area contributed by atoms with Gasteiger partial charge >= 0.3 is 48.3 Å². The van der Waals surface area contributed by atoms with Gasteiger partial charge in [-0.3, -0.25) is 0 Å². The van der Waals surface area contributed by atoms with Gasteiger partial charge in [0.2, 0.25) is 0 Å². The third-order valence-corrected chi connectivity index (χ3v) is 0. The van der Waals surface area contributed by atoms with E-state index in [1.807, 2.05) is 0 Å². The molecule has 0 aromatic rings.